The van der Waals surface area contributed by atoms with Gasteiger partial charge in [0, 0.05) is 0 Å². The molecule has 0 amide bonds. The fraction of sp³-hybridized carbons (Fsp3) is 0. The number of para-hydroxylation sites is 3. The first-order valence-corrected chi connectivity index (χ1v) is 9.42. The van der Waals surface area contributed by atoms with Gasteiger partial charge in [-0.25, -0.2) is 0 Å². The van der Waals surface area contributed by atoms with Gasteiger partial charge in [-0.1, -0.05) is 0 Å². The molecule has 4 rings (SSSR count). The zero-order chi connectivity index (χ0) is 17.0. The first kappa shape index (κ1) is 15.9. The molecule has 1 fully saturated rings. The Morgan fingerprint density at radius 1 is 0.480 bits per heavy atom. The molecule has 7 heteroatoms. The Morgan fingerprint density at radius 3 is 1.04 bits per heavy atom. The summed E-state index contributed by atoms with van der Waals surface area (Å²) in [5.74, 6) is 1.36. The van der Waals surface area contributed by atoms with Crippen molar-refractivity contribution >= 4 is 7.74 Å². The van der Waals surface area contributed by atoms with Crippen molar-refractivity contribution in [1.82, 2.24) is 0 Å². The Bertz CT molecular complexity index is 716. The normalized spacial score (nSPS) is 18.8. The van der Waals surface area contributed by atoms with Gasteiger partial charge in [0.15, 0.2) is 0 Å². The zero-order valence-corrected chi connectivity index (χ0v) is 14.0. The second kappa shape index (κ2) is 6.35. The van der Waals surface area contributed by atoms with Crippen LogP contribution < -0.4 is 13.6 Å². The second-order valence-electron chi connectivity index (χ2n) is 5.18. The van der Waals surface area contributed by atoms with Gasteiger partial charge < -0.3 is 0 Å². The Labute approximate surface area is 144 Å². The molecule has 0 saturated carbocycles. The fourth-order valence-electron chi connectivity index (χ4n) is 2.21. The molecule has 0 N–H and O–H groups in total. The average molecular weight is 358 g/mol. The number of hydrogen-bond acceptors (Lipinski definition) is 6. The summed E-state index contributed by atoms with van der Waals surface area (Å²) in [5.41, 5.74) is 0. The minimum absolute atomic E-state index is 0.454. The summed E-state index contributed by atoms with van der Waals surface area (Å²) in [6, 6.07) is 26.9. The van der Waals surface area contributed by atoms with E-state index in [9.17, 15) is 0 Å². The van der Waals surface area contributed by atoms with Gasteiger partial charge in [0.2, 0.25) is 0 Å². The average Bonchev–Trinajstić information content (AvgIpc) is 2.63. The molecule has 0 radical (unpaired) electrons. The van der Waals surface area contributed by atoms with Crippen molar-refractivity contribution < 1.29 is 28.0 Å². The van der Waals surface area contributed by atoms with Gasteiger partial charge in [-0.3, -0.25) is 0 Å². The van der Waals surface area contributed by atoms with E-state index in [0.717, 1.165) is 0 Å². The maximum atomic E-state index is 5.95. The van der Waals surface area contributed by atoms with E-state index in [0.29, 0.717) is 17.2 Å². The first-order chi connectivity index (χ1) is 12.3. The molecule has 0 bridgehead atoms. The Kier molecular flexibility index (Phi) is 4.03. The predicted molar refractivity (Wildman–Crippen MR) is 91.4 cm³/mol. The third-order valence-corrected chi connectivity index (χ3v) is 5.43. The van der Waals surface area contributed by atoms with Gasteiger partial charge in [-0.05, 0) is 0 Å². The van der Waals surface area contributed by atoms with Crippen LogP contribution in [0.4, 0.5) is 0 Å². The van der Waals surface area contributed by atoms with Crippen LogP contribution in [-0.2, 0) is 14.4 Å². The monoisotopic (exact) mass is 358 g/mol. The van der Waals surface area contributed by atoms with Crippen LogP contribution in [0.5, 0.6) is 17.2 Å². The van der Waals surface area contributed by atoms with E-state index >= 15 is 0 Å². The molecule has 0 aliphatic carbocycles. The van der Waals surface area contributed by atoms with Gasteiger partial charge >= 0.3 is 144 Å². The quantitative estimate of drug-likeness (QED) is 0.443. The molecule has 1 heterocycles. The first-order valence-electron chi connectivity index (χ1n) is 7.59. The molecular weight excluding hydrogens is 343 g/mol. The summed E-state index contributed by atoms with van der Waals surface area (Å²) in [7, 11) is -4.53. The molecular formula is C18H15O6P. The second-order valence-corrected chi connectivity index (χ2v) is 7.51. The molecule has 128 valence electrons. The molecule has 3 aromatic carbocycles. The van der Waals surface area contributed by atoms with Crippen LogP contribution in [0.3, 0.4) is 0 Å². The third kappa shape index (κ3) is 3.29. The predicted octanol–water partition coefficient (Wildman–Crippen LogP) is 5.25. The van der Waals surface area contributed by atoms with E-state index < -0.39 is 7.74 Å². The summed E-state index contributed by atoms with van der Waals surface area (Å²) in [6.45, 7) is 0. The van der Waals surface area contributed by atoms with Gasteiger partial charge in [-0.15, -0.1) is 0 Å². The van der Waals surface area contributed by atoms with Crippen molar-refractivity contribution in [2.24, 2.45) is 0 Å². The van der Waals surface area contributed by atoms with Gasteiger partial charge in [0.25, 0.3) is 0 Å². The van der Waals surface area contributed by atoms with Crippen molar-refractivity contribution in [2.45, 2.75) is 0 Å². The van der Waals surface area contributed by atoms with Crippen LogP contribution in [0, 0.1) is 0 Å². The molecule has 6 nitrogen and oxygen atoms in total. The molecule has 1 saturated heterocycles. The van der Waals surface area contributed by atoms with Crippen LogP contribution in [0.1, 0.15) is 0 Å². The third-order valence-electron chi connectivity index (χ3n) is 3.30. The van der Waals surface area contributed by atoms with Crippen LogP contribution in [0.15, 0.2) is 91.0 Å². The Hall–Kier alpha value is -2.63. The van der Waals surface area contributed by atoms with E-state index in [2.05, 4.69) is 5.04 Å². The topological polar surface area (TPSA) is 55.4 Å². The maximum absolute atomic E-state index is 5.95. The van der Waals surface area contributed by atoms with Crippen molar-refractivity contribution in [3.8, 4) is 17.2 Å². The van der Waals surface area contributed by atoms with E-state index in [1.807, 2.05) is 54.6 Å². The van der Waals surface area contributed by atoms with E-state index in [4.69, 9.17) is 22.9 Å². The summed E-state index contributed by atoms with van der Waals surface area (Å²) in [6.07, 6.45) is 0. The molecule has 0 spiro atoms. The summed E-state index contributed by atoms with van der Waals surface area (Å²) in [4.78, 5) is 0. The number of benzene rings is 3. The van der Waals surface area contributed by atoms with Gasteiger partial charge in [0.1, 0.15) is 0 Å². The summed E-state index contributed by atoms with van der Waals surface area (Å²) >= 11 is 0. The van der Waals surface area contributed by atoms with Crippen LogP contribution >= 0.6 is 7.74 Å². The molecule has 1 aliphatic heterocycles. The van der Waals surface area contributed by atoms with Gasteiger partial charge in [-0.2, -0.15) is 0 Å². The Morgan fingerprint density at radius 2 is 0.800 bits per heavy atom. The van der Waals surface area contributed by atoms with Crippen molar-refractivity contribution in [2.75, 3.05) is 0 Å². The number of rotatable bonds is 6. The van der Waals surface area contributed by atoms with Crippen molar-refractivity contribution in [3.05, 3.63) is 91.0 Å². The molecule has 1 aliphatic rings. The molecule has 3 aromatic rings. The van der Waals surface area contributed by atoms with E-state index in [1.54, 1.807) is 36.4 Å². The van der Waals surface area contributed by atoms with E-state index in [-0.39, 0.29) is 0 Å². The molecule has 25 heavy (non-hydrogen) atoms. The number of hydrogen-bond donors (Lipinski definition) is 0. The van der Waals surface area contributed by atoms with Crippen LogP contribution in [-0.4, -0.2) is 0 Å². The zero-order valence-electron chi connectivity index (χ0n) is 13.1. The van der Waals surface area contributed by atoms with Crippen LogP contribution in [0.2, 0.25) is 0 Å². The standard InChI is InChI=1S/C18H15O6P/c1-4-10-16(11-5-1)19-25(23-22-24-25,20-17-12-6-2-7-13-17)21-18-14-8-3-9-15-18/h1-15H. The SMILES string of the molecule is c1ccc(OP2(Oc3ccccc3)(Oc3ccccc3)OOO2)cc1. The van der Waals surface area contributed by atoms with E-state index in [1.165, 1.54) is 0 Å². The minimum atomic E-state index is -4.53. The summed E-state index contributed by atoms with van der Waals surface area (Å²) in [5, 5.41) is 4.54. The molecule has 0 unspecified atom stereocenters. The van der Waals surface area contributed by atoms with Crippen molar-refractivity contribution in [3.63, 3.8) is 0 Å². The fourth-order valence-corrected chi connectivity index (χ4v) is 4.11. The van der Waals surface area contributed by atoms with Crippen molar-refractivity contribution in [1.29, 1.82) is 0 Å². The summed E-state index contributed by atoms with van der Waals surface area (Å²) < 4.78 is 28.4. The molecule has 0 aromatic heterocycles. The van der Waals surface area contributed by atoms with Crippen LogP contribution in [0.25, 0.3) is 0 Å². The molecule has 0 atom stereocenters. The Balaban J connectivity index is 1.73. The van der Waals surface area contributed by atoms with Gasteiger partial charge in [0.05, 0.1) is 0 Å².